The lowest BCUT2D eigenvalue weighted by atomic mass is 9.87. The highest BCUT2D eigenvalue weighted by molar-refractivity contribution is 6.30. The maximum atomic E-state index is 6.03. The van der Waals surface area contributed by atoms with E-state index < -0.39 is 0 Å². The van der Waals surface area contributed by atoms with Gasteiger partial charge in [-0.15, -0.1) is 0 Å². The van der Waals surface area contributed by atoms with Gasteiger partial charge in [0.1, 0.15) is 18.1 Å². The minimum Gasteiger partial charge on any atom is -0.492 e. The molecule has 0 bridgehead atoms. The van der Waals surface area contributed by atoms with Crippen molar-refractivity contribution in [2.45, 2.75) is 58.6 Å². The topological polar surface area (TPSA) is 47.7 Å². The van der Waals surface area contributed by atoms with Crippen LogP contribution in [0, 0.1) is 11.8 Å². The Kier molecular flexibility index (Phi) is 9.75. The number of hydrogen-bond donors (Lipinski definition) is 1. The summed E-state index contributed by atoms with van der Waals surface area (Å²) in [6, 6.07) is 24.7. The van der Waals surface area contributed by atoms with E-state index in [2.05, 4.69) is 81.1 Å². The summed E-state index contributed by atoms with van der Waals surface area (Å²) in [6.45, 7) is 13.5. The molecule has 5 heteroatoms. The Bertz CT molecular complexity index is 1110. The van der Waals surface area contributed by atoms with Gasteiger partial charge < -0.3 is 15.2 Å². The minimum absolute atomic E-state index is 0.112. The van der Waals surface area contributed by atoms with Crippen LogP contribution < -0.4 is 15.2 Å². The summed E-state index contributed by atoms with van der Waals surface area (Å²) in [4.78, 5) is 2.56. The maximum Gasteiger partial charge on any atom is 0.119 e. The Balaban J connectivity index is 0.000000201. The first kappa shape index (κ1) is 28.5. The molecule has 2 aliphatic rings. The quantitative estimate of drug-likeness (QED) is 0.317. The molecule has 2 N–H and O–H groups in total. The molecule has 0 amide bonds. The molecule has 0 spiro atoms. The fourth-order valence-electron chi connectivity index (χ4n) is 5.01. The largest absolute Gasteiger partial charge is 0.492 e. The molecule has 1 aliphatic carbocycles. The van der Waals surface area contributed by atoms with E-state index in [1.165, 1.54) is 36.2 Å². The lowest BCUT2D eigenvalue weighted by Crippen LogP contribution is -2.21. The van der Waals surface area contributed by atoms with Crippen molar-refractivity contribution in [3.8, 4) is 11.5 Å². The first-order valence-electron chi connectivity index (χ1n) is 13.9. The molecule has 4 nitrogen and oxygen atoms in total. The zero-order chi connectivity index (χ0) is 27.1. The Hall–Kier alpha value is -2.53. The summed E-state index contributed by atoms with van der Waals surface area (Å²) in [5, 5.41) is 0.831. The van der Waals surface area contributed by atoms with Gasteiger partial charge in [0.2, 0.25) is 0 Å². The molecule has 38 heavy (non-hydrogen) atoms. The summed E-state index contributed by atoms with van der Waals surface area (Å²) in [6.07, 6.45) is 2.45. The van der Waals surface area contributed by atoms with E-state index in [1.807, 2.05) is 24.3 Å². The van der Waals surface area contributed by atoms with Gasteiger partial charge in [-0.1, -0.05) is 68.8 Å². The van der Waals surface area contributed by atoms with Gasteiger partial charge in [0.15, 0.2) is 0 Å². The second kappa shape index (κ2) is 13.0. The van der Waals surface area contributed by atoms with Crippen molar-refractivity contribution in [3.05, 3.63) is 94.5 Å². The normalized spacial score (nSPS) is 19.2. The van der Waals surface area contributed by atoms with Crippen LogP contribution >= 0.6 is 11.6 Å². The van der Waals surface area contributed by atoms with E-state index in [9.17, 15) is 0 Å². The zero-order valence-electron chi connectivity index (χ0n) is 23.3. The molecule has 204 valence electrons. The SMILES string of the molecule is C[C@H](Cc1ccc(OCCN)cc1)Oc1ccc(C(C)(C)C)cc1.Clc1ccc(CN2CC3CC3C2)cc1. The number of benzene rings is 3. The van der Waals surface area contributed by atoms with Crippen molar-refractivity contribution in [1.82, 2.24) is 4.90 Å². The third kappa shape index (κ3) is 8.76. The van der Waals surface area contributed by atoms with Gasteiger partial charge in [-0.05, 0) is 83.7 Å². The molecular formula is C33H43ClN2O2. The highest BCUT2D eigenvalue weighted by Gasteiger charge is 2.44. The Morgan fingerprint density at radius 1 is 0.868 bits per heavy atom. The Morgan fingerprint density at radius 2 is 1.45 bits per heavy atom. The Morgan fingerprint density at radius 3 is 2.03 bits per heavy atom. The number of hydrogen-bond acceptors (Lipinski definition) is 4. The lowest BCUT2D eigenvalue weighted by molar-refractivity contribution is 0.222. The van der Waals surface area contributed by atoms with Crippen LogP contribution in [0.5, 0.6) is 11.5 Å². The fourth-order valence-corrected chi connectivity index (χ4v) is 5.14. The van der Waals surface area contributed by atoms with Gasteiger partial charge in [0.05, 0.1) is 6.10 Å². The third-order valence-corrected chi connectivity index (χ3v) is 7.52. The molecule has 1 saturated heterocycles. The van der Waals surface area contributed by atoms with E-state index in [0.29, 0.717) is 13.2 Å². The average molecular weight is 535 g/mol. The highest BCUT2D eigenvalue weighted by Crippen LogP contribution is 2.45. The molecule has 0 radical (unpaired) electrons. The minimum atomic E-state index is 0.112. The second-order valence-electron chi connectivity index (χ2n) is 11.8. The van der Waals surface area contributed by atoms with Gasteiger partial charge in [-0.3, -0.25) is 4.90 Å². The predicted molar refractivity (Wildman–Crippen MR) is 158 cm³/mol. The van der Waals surface area contributed by atoms with Crippen LogP contribution in [0.15, 0.2) is 72.8 Å². The molecule has 5 rings (SSSR count). The molecule has 1 heterocycles. The average Bonchev–Trinajstić information content (AvgIpc) is 3.50. The van der Waals surface area contributed by atoms with Crippen LogP contribution in [0.3, 0.4) is 0 Å². The van der Waals surface area contributed by atoms with Crippen molar-refractivity contribution in [2.75, 3.05) is 26.2 Å². The van der Waals surface area contributed by atoms with Crippen LogP contribution in [0.25, 0.3) is 0 Å². The molecule has 1 saturated carbocycles. The molecular weight excluding hydrogens is 492 g/mol. The van der Waals surface area contributed by atoms with Crippen LogP contribution in [-0.2, 0) is 18.4 Å². The zero-order valence-corrected chi connectivity index (χ0v) is 24.1. The number of rotatable bonds is 9. The van der Waals surface area contributed by atoms with Crippen molar-refractivity contribution in [3.63, 3.8) is 0 Å². The van der Waals surface area contributed by atoms with E-state index in [-0.39, 0.29) is 11.5 Å². The van der Waals surface area contributed by atoms with Crippen LogP contribution in [0.1, 0.15) is 50.8 Å². The first-order valence-corrected chi connectivity index (χ1v) is 14.2. The predicted octanol–water partition coefficient (Wildman–Crippen LogP) is 7.12. The summed E-state index contributed by atoms with van der Waals surface area (Å²) < 4.78 is 11.5. The molecule has 3 aromatic carbocycles. The first-order chi connectivity index (χ1) is 18.2. The maximum absolute atomic E-state index is 6.03. The van der Waals surface area contributed by atoms with E-state index >= 15 is 0 Å². The monoisotopic (exact) mass is 534 g/mol. The van der Waals surface area contributed by atoms with Crippen molar-refractivity contribution in [1.29, 1.82) is 0 Å². The van der Waals surface area contributed by atoms with E-state index in [4.69, 9.17) is 26.8 Å². The molecule has 1 aliphatic heterocycles. The number of piperidine rings is 1. The second-order valence-corrected chi connectivity index (χ2v) is 12.2. The van der Waals surface area contributed by atoms with Crippen molar-refractivity contribution >= 4 is 11.6 Å². The fraction of sp³-hybridized carbons (Fsp3) is 0.455. The summed E-state index contributed by atoms with van der Waals surface area (Å²) >= 11 is 5.84. The number of likely N-dealkylation sites (tertiary alicyclic amines) is 1. The number of ether oxygens (including phenoxy) is 2. The van der Waals surface area contributed by atoms with Gasteiger partial charge in [-0.25, -0.2) is 0 Å². The smallest absolute Gasteiger partial charge is 0.119 e. The number of nitrogens with two attached hydrogens (primary N) is 1. The van der Waals surface area contributed by atoms with Gasteiger partial charge in [0.25, 0.3) is 0 Å². The summed E-state index contributed by atoms with van der Waals surface area (Å²) in [5.74, 6) is 3.83. The lowest BCUT2D eigenvalue weighted by Gasteiger charge is -2.20. The Labute approximate surface area is 234 Å². The number of halogens is 1. The molecule has 2 unspecified atom stereocenters. The number of nitrogens with zero attached hydrogens (tertiary/aromatic N) is 1. The van der Waals surface area contributed by atoms with Crippen LogP contribution in [0.2, 0.25) is 5.02 Å². The highest BCUT2D eigenvalue weighted by atomic mass is 35.5. The van der Waals surface area contributed by atoms with E-state index in [1.54, 1.807) is 0 Å². The molecule has 0 aromatic heterocycles. The number of fused-ring (bicyclic) bond motifs is 1. The standard InChI is InChI=1S/C21H29NO2.C12H14ClN/c1-16(15-17-5-9-19(10-6-17)23-14-13-22)24-20-11-7-18(8-12-20)21(2,3)4;13-12-3-1-9(2-4-12)6-14-7-10-5-11(10)8-14/h5-12,16H,13-15,22H2,1-4H3;1-4,10-11H,5-8H2/t16-;/m1./s1. The van der Waals surface area contributed by atoms with Gasteiger partial charge in [-0.2, -0.15) is 0 Å². The van der Waals surface area contributed by atoms with Gasteiger partial charge >= 0.3 is 0 Å². The third-order valence-electron chi connectivity index (χ3n) is 7.26. The van der Waals surface area contributed by atoms with Crippen LogP contribution in [-0.4, -0.2) is 37.2 Å². The van der Waals surface area contributed by atoms with Gasteiger partial charge in [0, 0.05) is 37.6 Å². The molecule has 2 fully saturated rings. The molecule has 3 atom stereocenters. The van der Waals surface area contributed by atoms with Crippen LogP contribution in [0.4, 0.5) is 0 Å². The van der Waals surface area contributed by atoms with Crippen molar-refractivity contribution < 1.29 is 9.47 Å². The summed E-state index contributed by atoms with van der Waals surface area (Å²) in [5.41, 5.74) is 9.53. The van der Waals surface area contributed by atoms with E-state index in [0.717, 1.165) is 41.3 Å². The summed E-state index contributed by atoms with van der Waals surface area (Å²) in [7, 11) is 0. The van der Waals surface area contributed by atoms with Crippen molar-refractivity contribution in [2.24, 2.45) is 17.6 Å². The molecule has 3 aromatic rings.